The highest BCUT2D eigenvalue weighted by Gasteiger charge is 2.45. The molecule has 0 saturated heterocycles. The third kappa shape index (κ3) is 3.77. The van der Waals surface area contributed by atoms with Crippen molar-refractivity contribution in [1.82, 2.24) is 0 Å². The molecule has 29 heavy (non-hydrogen) atoms. The van der Waals surface area contributed by atoms with Crippen LogP contribution >= 0.6 is 0 Å². The van der Waals surface area contributed by atoms with E-state index < -0.39 is 16.9 Å². The lowest BCUT2D eigenvalue weighted by atomic mass is 9.98. The second-order valence-corrected chi connectivity index (χ2v) is 18.9. The van der Waals surface area contributed by atoms with Gasteiger partial charge in [-0.15, -0.1) is 0 Å². The molecule has 1 unspecified atom stereocenters. The summed E-state index contributed by atoms with van der Waals surface area (Å²) in [7, 11) is -2.93. The Kier molecular flexibility index (Phi) is 5.74. The third-order valence-corrected chi connectivity index (χ3v) is 13.6. The Bertz CT molecular complexity index is 974. The average Bonchev–Trinajstić information content (AvgIpc) is 2.78. The van der Waals surface area contributed by atoms with Gasteiger partial charge in [0.1, 0.15) is 8.80 Å². The Hall–Kier alpha value is -1.65. The number of allylic oxidation sites excluding steroid dienone is 4. The van der Waals surface area contributed by atoms with Crippen molar-refractivity contribution in [3.8, 4) is 0 Å². The van der Waals surface area contributed by atoms with E-state index in [1.807, 2.05) is 0 Å². The molecule has 0 aliphatic heterocycles. The maximum atomic E-state index is 2.59. The summed E-state index contributed by atoms with van der Waals surface area (Å²) in [5, 5.41) is 4.91. The first-order valence-corrected chi connectivity index (χ1v) is 16.2. The van der Waals surface area contributed by atoms with Gasteiger partial charge in [-0.3, -0.25) is 0 Å². The molecule has 1 aliphatic carbocycles. The molecular formula is C27H38Si2. The third-order valence-electron chi connectivity index (χ3n) is 7.53. The van der Waals surface area contributed by atoms with Gasteiger partial charge in [0.05, 0.1) is 8.07 Å². The van der Waals surface area contributed by atoms with E-state index in [0.29, 0.717) is 0 Å². The van der Waals surface area contributed by atoms with Crippen LogP contribution in [0.1, 0.15) is 45.7 Å². The monoisotopic (exact) mass is 418 g/mol. The maximum Gasteiger partial charge on any atom is 0.116 e. The first-order chi connectivity index (χ1) is 13.4. The molecule has 0 spiro atoms. The molecule has 154 valence electrons. The summed E-state index contributed by atoms with van der Waals surface area (Å²) in [5.41, 5.74) is 8.95. The van der Waals surface area contributed by atoms with Gasteiger partial charge < -0.3 is 0 Å². The first-order valence-electron chi connectivity index (χ1n) is 10.9. The fourth-order valence-corrected chi connectivity index (χ4v) is 10.9. The molecule has 0 radical (unpaired) electrons. The highest BCUT2D eigenvalue weighted by atomic mass is 28.3. The Balaban J connectivity index is 2.33. The van der Waals surface area contributed by atoms with Crippen molar-refractivity contribution < 1.29 is 0 Å². The fraction of sp³-hybridized carbons (Fsp3) is 0.407. The van der Waals surface area contributed by atoms with Gasteiger partial charge in [0.15, 0.2) is 0 Å². The Morgan fingerprint density at radius 1 is 0.655 bits per heavy atom. The molecule has 0 nitrogen and oxygen atoms in total. The SMILES string of the molecule is CC1=C(C)C(C)([SiH](c2ccc(C)cc2)c2cc(C)cc([Si](C)(C)C)c2)C(C)=C1C. The molecule has 0 fully saturated rings. The van der Waals surface area contributed by atoms with Gasteiger partial charge in [-0.05, 0) is 52.7 Å². The maximum absolute atomic E-state index is 2.59. The number of aryl methyl sites for hydroxylation is 2. The van der Waals surface area contributed by atoms with Crippen molar-refractivity contribution in [2.24, 2.45) is 0 Å². The van der Waals surface area contributed by atoms with E-state index in [2.05, 4.69) is 111 Å². The first kappa shape index (κ1) is 22.0. The molecule has 1 aliphatic rings. The Morgan fingerprint density at radius 3 is 1.66 bits per heavy atom. The summed E-state index contributed by atoms with van der Waals surface area (Å²) < 4.78 is 0. The zero-order chi connectivity index (χ0) is 21.7. The predicted octanol–water partition coefficient (Wildman–Crippen LogP) is 5.64. The smallest absolute Gasteiger partial charge is 0.0656 e. The Morgan fingerprint density at radius 2 is 1.17 bits per heavy atom. The van der Waals surface area contributed by atoms with Crippen LogP contribution in [0.5, 0.6) is 0 Å². The lowest BCUT2D eigenvalue weighted by molar-refractivity contribution is 0.824. The van der Waals surface area contributed by atoms with E-state index in [0.717, 1.165) is 0 Å². The molecular weight excluding hydrogens is 380 g/mol. The van der Waals surface area contributed by atoms with Gasteiger partial charge in [0.2, 0.25) is 0 Å². The van der Waals surface area contributed by atoms with Gasteiger partial charge >= 0.3 is 0 Å². The molecule has 0 bridgehead atoms. The summed E-state index contributed by atoms with van der Waals surface area (Å²) in [6.07, 6.45) is 0. The zero-order valence-electron chi connectivity index (χ0n) is 20.1. The van der Waals surface area contributed by atoms with Crippen LogP contribution in [0, 0.1) is 13.8 Å². The lowest BCUT2D eigenvalue weighted by Crippen LogP contribution is -2.53. The molecule has 0 amide bonds. The molecule has 2 aromatic rings. The van der Waals surface area contributed by atoms with Gasteiger partial charge in [-0.25, -0.2) is 0 Å². The standard InChI is InChI=1S/C27H38Si2/c1-18-11-13-24(14-12-18)28(27(7)22(5)20(3)21(4)23(27)6)25-15-19(2)16-26(17-25)29(8,9)10/h11-17,28H,1-10H3. The summed E-state index contributed by atoms with van der Waals surface area (Å²) >= 11 is 0. The van der Waals surface area contributed by atoms with Gasteiger partial charge in [0.25, 0.3) is 0 Å². The number of rotatable bonds is 4. The molecule has 2 heteroatoms. The normalized spacial score (nSPS) is 17.9. The van der Waals surface area contributed by atoms with Gasteiger partial charge in [0, 0.05) is 5.04 Å². The minimum absolute atomic E-state index is 0.147. The number of benzene rings is 2. The van der Waals surface area contributed by atoms with Crippen LogP contribution in [-0.2, 0) is 0 Å². The molecule has 0 saturated carbocycles. The molecule has 0 aromatic heterocycles. The van der Waals surface area contributed by atoms with Crippen molar-refractivity contribution in [3.63, 3.8) is 0 Å². The van der Waals surface area contributed by atoms with Crippen LogP contribution in [0.15, 0.2) is 64.8 Å². The van der Waals surface area contributed by atoms with E-state index in [1.165, 1.54) is 22.3 Å². The van der Waals surface area contributed by atoms with Crippen LogP contribution in [0.3, 0.4) is 0 Å². The van der Waals surface area contributed by atoms with Crippen LogP contribution in [-0.4, -0.2) is 16.9 Å². The van der Waals surface area contributed by atoms with Crippen molar-refractivity contribution in [2.45, 2.75) is 73.1 Å². The molecule has 0 heterocycles. The molecule has 1 atom stereocenters. The summed E-state index contributed by atoms with van der Waals surface area (Å²) in [5.74, 6) is 0. The van der Waals surface area contributed by atoms with Crippen molar-refractivity contribution >= 4 is 32.4 Å². The predicted molar refractivity (Wildman–Crippen MR) is 137 cm³/mol. The van der Waals surface area contributed by atoms with Crippen LogP contribution in [0.2, 0.25) is 24.7 Å². The van der Waals surface area contributed by atoms with E-state index >= 15 is 0 Å². The minimum atomic E-state index is -1.55. The molecule has 3 rings (SSSR count). The second kappa shape index (κ2) is 7.55. The quantitative estimate of drug-likeness (QED) is 0.564. The van der Waals surface area contributed by atoms with Gasteiger partial charge in [-0.1, -0.05) is 107 Å². The molecule has 2 aromatic carbocycles. The van der Waals surface area contributed by atoms with E-state index in [-0.39, 0.29) is 5.04 Å². The molecule has 0 N–H and O–H groups in total. The van der Waals surface area contributed by atoms with E-state index in [4.69, 9.17) is 0 Å². The highest BCUT2D eigenvalue weighted by molar-refractivity contribution is 6.91. The fourth-order valence-electron chi connectivity index (χ4n) is 5.09. The van der Waals surface area contributed by atoms with Crippen molar-refractivity contribution in [2.75, 3.05) is 0 Å². The number of hydrogen-bond acceptors (Lipinski definition) is 0. The second-order valence-electron chi connectivity index (χ2n) is 10.4. The zero-order valence-corrected chi connectivity index (χ0v) is 22.3. The van der Waals surface area contributed by atoms with Crippen LogP contribution < -0.4 is 15.6 Å². The summed E-state index contributed by atoms with van der Waals surface area (Å²) in [6, 6.07) is 17.0. The van der Waals surface area contributed by atoms with E-state index in [1.54, 1.807) is 26.7 Å². The van der Waals surface area contributed by atoms with Crippen LogP contribution in [0.25, 0.3) is 0 Å². The number of hydrogen-bond donors (Lipinski definition) is 0. The largest absolute Gasteiger partial charge is 0.116 e. The lowest BCUT2D eigenvalue weighted by Gasteiger charge is -2.38. The van der Waals surface area contributed by atoms with Gasteiger partial charge in [-0.2, -0.15) is 0 Å². The van der Waals surface area contributed by atoms with E-state index in [9.17, 15) is 0 Å². The van der Waals surface area contributed by atoms with Crippen LogP contribution in [0.4, 0.5) is 0 Å². The Labute approximate surface area is 181 Å². The summed E-state index contributed by atoms with van der Waals surface area (Å²) in [4.78, 5) is 0. The van der Waals surface area contributed by atoms with Crippen molar-refractivity contribution in [3.05, 3.63) is 75.9 Å². The van der Waals surface area contributed by atoms with Crippen molar-refractivity contribution in [1.29, 1.82) is 0 Å². The minimum Gasteiger partial charge on any atom is -0.0656 e. The summed E-state index contributed by atoms with van der Waals surface area (Å²) in [6.45, 7) is 23.8. The highest BCUT2D eigenvalue weighted by Crippen LogP contribution is 2.53. The average molecular weight is 419 g/mol. The topological polar surface area (TPSA) is 0 Å².